The lowest BCUT2D eigenvalue weighted by molar-refractivity contribution is -0.145. The molecular weight excluding hydrogens is 170 g/mol. The lowest BCUT2D eigenvalue weighted by Gasteiger charge is -2.16. The molecule has 0 radical (unpaired) electrons. The molecule has 4 heteroatoms. The van der Waals surface area contributed by atoms with Crippen molar-refractivity contribution in [1.29, 1.82) is 0 Å². The molecule has 0 spiro atoms. The van der Waals surface area contributed by atoms with Crippen LogP contribution in [0.3, 0.4) is 0 Å². The molecule has 0 aliphatic carbocycles. The average molecular weight is 189 g/mol. The maximum absolute atomic E-state index is 11.1. The van der Waals surface area contributed by atoms with Gasteiger partial charge in [-0.25, -0.2) is 0 Å². The van der Waals surface area contributed by atoms with Crippen molar-refractivity contribution in [2.45, 2.75) is 38.8 Å². The molecule has 0 rings (SSSR count). The third-order valence-corrected chi connectivity index (χ3v) is 1.89. The molecular formula is C9H19NO3. The predicted molar refractivity (Wildman–Crippen MR) is 50.3 cm³/mol. The zero-order valence-corrected chi connectivity index (χ0v) is 8.58. The first kappa shape index (κ1) is 12.4. The SMILES string of the molecule is CCOC(=O)C(N)CC(CC)OC. The Morgan fingerprint density at radius 1 is 1.46 bits per heavy atom. The fraction of sp³-hybridized carbons (Fsp3) is 0.889. The van der Waals surface area contributed by atoms with Crippen LogP contribution in [0.4, 0.5) is 0 Å². The van der Waals surface area contributed by atoms with Crippen molar-refractivity contribution in [2.24, 2.45) is 5.73 Å². The van der Waals surface area contributed by atoms with Crippen LogP contribution in [0, 0.1) is 0 Å². The summed E-state index contributed by atoms with van der Waals surface area (Å²) in [7, 11) is 1.62. The van der Waals surface area contributed by atoms with Crippen molar-refractivity contribution in [3.63, 3.8) is 0 Å². The third kappa shape index (κ3) is 4.85. The first-order valence-electron chi connectivity index (χ1n) is 4.60. The van der Waals surface area contributed by atoms with Gasteiger partial charge in [-0.3, -0.25) is 4.79 Å². The van der Waals surface area contributed by atoms with E-state index >= 15 is 0 Å². The maximum Gasteiger partial charge on any atom is 0.322 e. The van der Waals surface area contributed by atoms with Crippen LogP contribution < -0.4 is 5.73 Å². The van der Waals surface area contributed by atoms with E-state index in [1.807, 2.05) is 6.92 Å². The molecule has 2 atom stereocenters. The highest BCUT2D eigenvalue weighted by atomic mass is 16.5. The van der Waals surface area contributed by atoms with Crippen LogP contribution in [0.5, 0.6) is 0 Å². The molecule has 0 aromatic rings. The van der Waals surface area contributed by atoms with Crippen molar-refractivity contribution in [3.8, 4) is 0 Å². The van der Waals surface area contributed by atoms with Gasteiger partial charge in [0.05, 0.1) is 12.7 Å². The second-order valence-corrected chi connectivity index (χ2v) is 2.86. The van der Waals surface area contributed by atoms with Crippen LogP contribution in [-0.4, -0.2) is 31.8 Å². The summed E-state index contributed by atoms with van der Waals surface area (Å²) in [6.07, 6.45) is 1.41. The molecule has 0 heterocycles. The van der Waals surface area contributed by atoms with Crippen molar-refractivity contribution >= 4 is 5.97 Å². The molecule has 0 amide bonds. The van der Waals surface area contributed by atoms with Crippen molar-refractivity contribution in [1.82, 2.24) is 0 Å². The second kappa shape index (κ2) is 6.86. The zero-order valence-electron chi connectivity index (χ0n) is 8.58. The highest BCUT2D eigenvalue weighted by Crippen LogP contribution is 2.05. The molecule has 78 valence electrons. The zero-order chi connectivity index (χ0) is 10.3. The van der Waals surface area contributed by atoms with E-state index in [0.29, 0.717) is 13.0 Å². The topological polar surface area (TPSA) is 61.5 Å². The minimum absolute atomic E-state index is 0.0411. The Kier molecular flexibility index (Phi) is 6.54. The predicted octanol–water partition coefficient (Wildman–Crippen LogP) is 0.692. The fourth-order valence-electron chi connectivity index (χ4n) is 1.06. The Balaban J connectivity index is 3.82. The van der Waals surface area contributed by atoms with Crippen LogP contribution in [0.25, 0.3) is 0 Å². The van der Waals surface area contributed by atoms with Crippen LogP contribution >= 0.6 is 0 Å². The van der Waals surface area contributed by atoms with E-state index in [2.05, 4.69) is 0 Å². The Bertz CT molecular complexity index is 146. The summed E-state index contributed by atoms with van der Waals surface area (Å²) in [6, 6.07) is -0.565. The van der Waals surface area contributed by atoms with Gasteiger partial charge in [-0.05, 0) is 19.8 Å². The summed E-state index contributed by atoms with van der Waals surface area (Å²) in [5.74, 6) is -0.349. The maximum atomic E-state index is 11.1. The molecule has 0 aromatic heterocycles. The van der Waals surface area contributed by atoms with Gasteiger partial charge >= 0.3 is 5.97 Å². The minimum Gasteiger partial charge on any atom is -0.465 e. The molecule has 13 heavy (non-hydrogen) atoms. The molecule has 0 fully saturated rings. The van der Waals surface area contributed by atoms with E-state index in [-0.39, 0.29) is 12.1 Å². The van der Waals surface area contributed by atoms with Crippen molar-refractivity contribution in [2.75, 3.05) is 13.7 Å². The summed E-state index contributed by atoms with van der Waals surface area (Å²) < 4.78 is 9.88. The van der Waals surface area contributed by atoms with Crippen LogP contribution in [0.1, 0.15) is 26.7 Å². The highest BCUT2D eigenvalue weighted by Gasteiger charge is 2.18. The smallest absolute Gasteiger partial charge is 0.322 e. The van der Waals surface area contributed by atoms with E-state index in [1.165, 1.54) is 0 Å². The minimum atomic E-state index is -0.565. The molecule has 0 saturated heterocycles. The van der Waals surface area contributed by atoms with Crippen molar-refractivity contribution in [3.05, 3.63) is 0 Å². The van der Waals surface area contributed by atoms with Gasteiger partial charge in [0, 0.05) is 7.11 Å². The largest absolute Gasteiger partial charge is 0.465 e. The van der Waals surface area contributed by atoms with Gasteiger partial charge in [-0.15, -0.1) is 0 Å². The van der Waals surface area contributed by atoms with Crippen LogP contribution in [0.15, 0.2) is 0 Å². The van der Waals surface area contributed by atoms with Crippen LogP contribution in [0.2, 0.25) is 0 Å². The number of hydrogen-bond acceptors (Lipinski definition) is 4. The second-order valence-electron chi connectivity index (χ2n) is 2.86. The lowest BCUT2D eigenvalue weighted by Crippen LogP contribution is -2.36. The first-order chi connectivity index (χ1) is 6.15. The number of methoxy groups -OCH3 is 1. The molecule has 2 N–H and O–H groups in total. The fourth-order valence-corrected chi connectivity index (χ4v) is 1.06. The lowest BCUT2D eigenvalue weighted by atomic mass is 10.1. The molecule has 2 unspecified atom stereocenters. The molecule has 0 aliphatic rings. The Morgan fingerprint density at radius 3 is 2.46 bits per heavy atom. The molecule has 0 saturated carbocycles. The van der Waals surface area contributed by atoms with Gasteiger partial charge < -0.3 is 15.2 Å². The molecule has 0 bridgehead atoms. The number of rotatable bonds is 6. The normalized spacial score (nSPS) is 15.1. The van der Waals surface area contributed by atoms with E-state index < -0.39 is 6.04 Å². The number of carbonyl (C=O) groups excluding carboxylic acids is 1. The molecule has 4 nitrogen and oxygen atoms in total. The first-order valence-corrected chi connectivity index (χ1v) is 4.60. The van der Waals surface area contributed by atoms with Gasteiger partial charge in [0.15, 0.2) is 0 Å². The number of ether oxygens (including phenoxy) is 2. The summed E-state index contributed by atoms with van der Waals surface area (Å²) in [6.45, 7) is 4.13. The van der Waals surface area contributed by atoms with E-state index in [0.717, 1.165) is 6.42 Å². The van der Waals surface area contributed by atoms with Gasteiger partial charge in [0.1, 0.15) is 6.04 Å². The van der Waals surface area contributed by atoms with E-state index in [9.17, 15) is 4.79 Å². The van der Waals surface area contributed by atoms with E-state index in [4.69, 9.17) is 15.2 Å². The number of carbonyl (C=O) groups is 1. The number of nitrogens with two attached hydrogens (primary N) is 1. The quantitative estimate of drug-likeness (QED) is 0.624. The average Bonchev–Trinajstić information content (AvgIpc) is 2.14. The third-order valence-electron chi connectivity index (χ3n) is 1.89. The summed E-state index contributed by atoms with van der Waals surface area (Å²) in [5.41, 5.74) is 5.60. The number of hydrogen-bond donors (Lipinski definition) is 1. The summed E-state index contributed by atoms with van der Waals surface area (Å²) >= 11 is 0. The molecule has 0 aromatic carbocycles. The highest BCUT2D eigenvalue weighted by molar-refractivity contribution is 5.75. The monoisotopic (exact) mass is 189 g/mol. The number of esters is 1. The Labute approximate surface area is 79.4 Å². The van der Waals surface area contributed by atoms with Gasteiger partial charge in [0.2, 0.25) is 0 Å². The Hall–Kier alpha value is -0.610. The summed E-state index contributed by atoms with van der Waals surface area (Å²) in [5, 5.41) is 0. The van der Waals surface area contributed by atoms with Gasteiger partial charge in [-0.2, -0.15) is 0 Å². The Morgan fingerprint density at radius 2 is 2.08 bits per heavy atom. The summed E-state index contributed by atoms with van der Waals surface area (Å²) in [4.78, 5) is 11.1. The van der Waals surface area contributed by atoms with Crippen molar-refractivity contribution < 1.29 is 14.3 Å². The molecule has 0 aliphatic heterocycles. The van der Waals surface area contributed by atoms with Crippen LogP contribution in [-0.2, 0) is 14.3 Å². The standard InChI is InChI=1S/C9H19NO3/c1-4-7(12-3)6-8(10)9(11)13-5-2/h7-8H,4-6,10H2,1-3H3. The van der Waals surface area contributed by atoms with E-state index in [1.54, 1.807) is 14.0 Å². The van der Waals surface area contributed by atoms with Gasteiger partial charge in [0.25, 0.3) is 0 Å². The van der Waals surface area contributed by atoms with Gasteiger partial charge in [-0.1, -0.05) is 6.92 Å².